The van der Waals surface area contributed by atoms with Gasteiger partial charge in [-0.05, 0) is 530 Å². The molecule has 19 saturated carbocycles. The third-order valence-electron chi connectivity index (χ3n) is 52.7. The zero-order valence-corrected chi connectivity index (χ0v) is 85.7. The topological polar surface area (TPSA) is 29.5 Å². The van der Waals surface area contributed by atoms with Crippen LogP contribution in [0, 0.1) is 219 Å². The molecule has 0 aromatic heterocycles. The molecule has 710 valence electrons. The van der Waals surface area contributed by atoms with Crippen molar-refractivity contribution in [3.8, 4) is 0 Å². The summed E-state index contributed by atoms with van der Waals surface area (Å²) < 4.78 is 5.96. The van der Waals surface area contributed by atoms with Crippen LogP contribution < -0.4 is 0 Å². The molecule has 0 bridgehead atoms. The van der Waals surface area contributed by atoms with Crippen LogP contribution in [0.1, 0.15) is 425 Å². The molecule has 1 aliphatic heterocycles. The van der Waals surface area contributed by atoms with Gasteiger partial charge in [0.1, 0.15) is 11.7 Å². The third-order valence-corrected chi connectivity index (χ3v) is 54.0. The number of benzene rings is 2. The molecule has 2 aromatic rings. The Morgan fingerprint density at radius 1 is 0.369 bits per heavy atom. The SMILES string of the molecule is C[C@@H]1C[C@]2(C)C3CC[C@]4(C)C5=C(CC4C3C=C[C@H]2C[C@H]1O)OCS5.C[C@@]12C3=CC=C[C@@H]1CCC2C1CC[C@H]2CCCC[C@]2(C)C1C3.C[C@@]12CCCC1C1CC[C@H]3CC4=C(C4)C[C@]3(C)C1CC2.C[C@@]12CCCC1C1CC[C@H]3C[C@H]4C[C@H]4C[C@]3(C)C1CC2.C[C@@]12CCCC1C1CC[C@H]3Cc4ccccc4C[C@]3(C)C1CC2.C[C@]12CCCC[C@@H]1CCC1C3CCc4cccc(c43)CC12. The number of aliphatic hydroxyl groups excluding tert-OH is 1. The van der Waals surface area contributed by atoms with Crippen molar-refractivity contribution in [1.82, 2.24) is 0 Å². The number of fused-ring (bicyclic) bond motifs is 31. The highest BCUT2D eigenvalue weighted by Crippen LogP contribution is 2.77. The van der Waals surface area contributed by atoms with E-state index in [0.717, 1.165) is 177 Å². The maximum absolute atomic E-state index is 10.4. The van der Waals surface area contributed by atoms with Crippen LogP contribution in [0.4, 0.5) is 0 Å². The zero-order chi connectivity index (χ0) is 88.4. The van der Waals surface area contributed by atoms with Crippen LogP contribution >= 0.6 is 11.8 Å². The number of hydrogen-bond donors (Lipinski definition) is 1. The van der Waals surface area contributed by atoms with Crippen LogP contribution in [0.2, 0.25) is 0 Å². The second-order valence-corrected chi connectivity index (χ2v) is 58.1. The quantitative estimate of drug-likeness (QED) is 0.267. The van der Waals surface area contributed by atoms with E-state index in [1.807, 2.05) is 34.0 Å². The van der Waals surface area contributed by atoms with E-state index in [-0.39, 0.29) is 6.10 Å². The first-order valence-electron chi connectivity index (χ1n) is 58.3. The molecule has 2 aromatic carbocycles. The van der Waals surface area contributed by atoms with Gasteiger partial charge in [0.2, 0.25) is 0 Å². The van der Waals surface area contributed by atoms with E-state index in [0.29, 0.717) is 61.1 Å². The van der Waals surface area contributed by atoms with Crippen molar-refractivity contribution in [2.75, 3.05) is 5.94 Å². The lowest BCUT2D eigenvalue weighted by atomic mass is 9.43. The first-order valence-corrected chi connectivity index (χ1v) is 59.2. The van der Waals surface area contributed by atoms with Crippen LogP contribution in [0.3, 0.4) is 0 Å². The molecule has 19 fully saturated rings. The lowest BCUT2D eigenvalue weighted by molar-refractivity contribution is -0.105. The molecule has 3 heteroatoms. The second-order valence-electron chi connectivity index (χ2n) is 57.2. The number of thioether (sulfide) groups is 1. The van der Waals surface area contributed by atoms with Crippen molar-refractivity contribution < 1.29 is 9.84 Å². The van der Waals surface area contributed by atoms with E-state index >= 15 is 0 Å². The molecule has 0 amide bonds. The van der Waals surface area contributed by atoms with Gasteiger partial charge in [0.15, 0.2) is 0 Å². The number of rotatable bonds is 0. The summed E-state index contributed by atoms with van der Waals surface area (Å²) in [5.74, 6) is 29.4. The fraction of sp³-hybridized carbons (Fsp3) is 0.827. The lowest BCUT2D eigenvalue weighted by Crippen LogP contribution is -2.53. The van der Waals surface area contributed by atoms with Crippen LogP contribution in [0.15, 0.2) is 100 Å². The molecule has 18 unspecified atom stereocenters. The Bertz CT molecular complexity index is 4790. The standard InChI is InChI=1S/C23H32.C22H32.C21H30O2S.C21H28.C20H32.C20H30/c1-22-12-5-8-20(22)19-10-9-18-14-16-6-3-4-7-17(16)15-23(18,2)21(19)11-13-22;1-21-13-4-3-6-15(21)9-11-18-19-12-10-16-7-5-8-17(14-20(18)21)22(16,19)2;1-12-10-21(3)13(8-17(12)22)4-5-14-15(21)6-7-20(2)16(14)9-18-19(20)24-11-23-18;1-21-12-3-2-7-16(21)9-11-17-18-10-8-14-5-4-6-15(20(14)18)13-19(17)21;2*1-19-8-3-4-17(19)16-6-5-15-11-13-10-14(13)12-20(15,2)18(16)7-9-19/h3-4,6-7,18-21H,5,8-15H2,1-2H3;5,7-8,15-16,18-20H,3-4,6,9-14H2,1-2H3;4-5,12-17,22H,6-11H2,1-3H3;4-6,16-19H,2-3,7-13H2,1H3;13-18H,3-12H2,1-2H3;15-18H,3-12H2,1-2H3/t18-,19?,20?,21?,22-,23-;15-,16-,18?,19?,20?,21+,22+;12-,13+,14?,15?,16?,17-,20+,21+;16-,17?,18?,19?,21+;13-,14+,15+,16?,17?,18?,19+,20+;15-,16?,17?,18?,19-,20-/m011110/s1. The van der Waals surface area contributed by atoms with Crippen LogP contribution in [-0.4, -0.2) is 17.1 Å². The van der Waals surface area contributed by atoms with E-state index < -0.39 is 0 Å². The Labute approximate surface area is 798 Å². The summed E-state index contributed by atoms with van der Waals surface area (Å²) in [7, 11) is 0. The molecule has 1 heterocycles. The van der Waals surface area contributed by atoms with Crippen LogP contribution in [0.25, 0.3) is 0 Å². The molecule has 1 N–H and O–H groups in total. The van der Waals surface area contributed by atoms with E-state index in [1.165, 1.54) is 230 Å². The number of ether oxygens (including phenoxy) is 1. The van der Waals surface area contributed by atoms with E-state index in [9.17, 15) is 5.11 Å². The normalized spacial score (nSPS) is 53.9. The highest BCUT2D eigenvalue weighted by atomic mass is 32.2. The molecule has 0 spiro atoms. The number of aryl methyl sites for hydroxylation is 1. The van der Waals surface area contributed by atoms with Crippen molar-refractivity contribution >= 4 is 11.8 Å². The van der Waals surface area contributed by atoms with Crippen LogP contribution in [0.5, 0.6) is 0 Å². The molecule has 40 atom stereocenters. The average Bonchev–Trinajstić information content (AvgIpc) is 1.52. The number of hydrogen-bond acceptors (Lipinski definition) is 3. The fourth-order valence-corrected chi connectivity index (χ4v) is 46.6. The molecule has 0 radical (unpaired) electrons. The van der Waals surface area contributed by atoms with Crippen LogP contribution in [-0.2, 0) is 30.4 Å². The maximum atomic E-state index is 10.4. The van der Waals surface area contributed by atoms with Crippen molar-refractivity contribution in [3.63, 3.8) is 0 Å². The highest BCUT2D eigenvalue weighted by Gasteiger charge is 2.68. The molecular weight excluding hydrogens is 1590 g/mol. The summed E-state index contributed by atoms with van der Waals surface area (Å²) >= 11 is 1.96. The number of aliphatic hydroxyl groups is 1. The molecular formula is C127H184O2S. The molecule has 28 aliphatic rings. The average molecular weight is 1770 g/mol. The second kappa shape index (κ2) is 32.4. The molecule has 130 heavy (non-hydrogen) atoms. The van der Waals surface area contributed by atoms with Gasteiger partial charge in [0, 0.05) is 16.7 Å². The van der Waals surface area contributed by atoms with Gasteiger partial charge < -0.3 is 9.84 Å². The monoisotopic (exact) mass is 1770 g/mol. The zero-order valence-electron chi connectivity index (χ0n) is 84.9. The first-order chi connectivity index (χ1) is 62.6. The first kappa shape index (κ1) is 88.7. The van der Waals surface area contributed by atoms with Crippen molar-refractivity contribution in [2.24, 2.45) is 219 Å². The Morgan fingerprint density at radius 2 is 0.954 bits per heavy atom. The predicted octanol–water partition coefficient (Wildman–Crippen LogP) is 34.0. The summed E-state index contributed by atoms with van der Waals surface area (Å²) in [4.78, 5) is 1.58. The van der Waals surface area contributed by atoms with Gasteiger partial charge in [-0.1, -0.05) is 229 Å². The molecule has 0 saturated heterocycles. The van der Waals surface area contributed by atoms with Crippen molar-refractivity contribution in [1.29, 1.82) is 0 Å². The lowest BCUT2D eigenvalue weighted by Gasteiger charge is -2.61. The molecule has 30 rings (SSSR count). The minimum Gasteiger partial charge on any atom is -0.486 e. The third kappa shape index (κ3) is 13.7. The summed E-state index contributed by atoms with van der Waals surface area (Å²) in [6.45, 7) is 31.3. The summed E-state index contributed by atoms with van der Waals surface area (Å²) in [5, 5.41) is 10.4. The van der Waals surface area contributed by atoms with Gasteiger partial charge in [-0.25, -0.2) is 0 Å². The van der Waals surface area contributed by atoms with Gasteiger partial charge in [0.25, 0.3) is 0 Å². The van der Waals surface area contributed by atoms with Gasteiger partial charge in [0.05, 0.1) is 6.10 Å². The summed E-state index contributed by atoms with van der Waals surface area (Å²) in [6.07, 6.45) is 89.7. The number of allylic oxidation sites excluding steroid dienone is 10. The highest BCUT2D eigenvalue weighted by molar-refractivity contribution is 8.03. The van der Waals surface area contributed by atoms with E-state index in [1.54, 1.807) is 130 Å². The van der Waals surface area contributed by atoms with Crippen molar-refractivity contribution in [3.05, 3.63) is 128 Å². The van der Waals surface area contributed by atoms with Gasteiger partial charge in [-0.3, -0.25) is 0 Å². The van der Waals surface area contributed by atoms with E-state index in [2.05, 4.69) is 156 Å². The summed E-state index contributed by atoms with van der Waals surface area (Å²) in [6, 6.07) is 16.5. The maximum Gasteiger partial charge on any atom is 0.138 e. The Kier molecular flexibility index (Phi) is 22.1. The molecule has 27 aliphatic carbocycles. The Hall–Kier alpha value is -2.75. The predicted molar refractivity (Wildman–Crippen MR) is 541 cm³/mol. The summed E-state index contributed by atoms with van der Waals surface area (Å²) in [5.41, 5.74) is 21.0. The van der Waals surface area contributed by atoms with Gasteiger partial charge >= 0.3 is 0 Å². The minimum atomic E-state index is -0.111. The molecule has 2 nitrogen and oxygen atoms in total. The smallest absolute Gasteiger partial charge is 0.138 e. The largest absolute Gasteiger partial charge is 0.486 e. The Balaban J connectivity index is 0.0000000843. The fourth-order valence-electron chi connectivity index (χ4n) is 45.4. The van der Waals surface area contributed by atoms with Gasteiger partial charge in [-0.2, -0.15) is 0 Å². The van der Waals surface area contributed by atoms with Gasteiger partial charge in [-0.15, -0.1) is 0 Å². The van der Waals surface area contributed by atoms with Crippen molar-refractivity contribution in [2.45, 2.75) is 429 Å². The van der Waals surface area contributed by atoms with E-state index in [4.69, 9.17) is 4.74 Å². The minimum absolute atomic E-state index is 0.111. The Morgan fingerprint density at radius 3 is 1.63 bits per heavy atom.